The zero-order chi connectivity index (χ0) is 20.4. The molecule has 5 nitrogen and oxygen atoms in total. The molecule has 2 heterocycles. The van der Waals surface area contributed by atoms with Gasteiger partial charge in [-0.2, -0.15) is 5.10 Å². The molecule has 0 radical (unpaired) electrons. The first-order valence-corrected chi connectivity index (χ1v) is 9.64. The lowest BCUT2D eigenvalue weighted by Crippen LogP contribution is -2.36. The maximum Gasteiger partial charge on any atom is 0.244 e. The van der Waals surface area contributed by atoms with Gasteiger partial charge < -0.3 is 5.32 Å². The number of halogens is 1. The van der Waals surface area contributed by atoms with E-state index in [9.17, 15) is 9.18 Å². The van der Waals surface area contributed by atoms with E-state index in [0.717, 1.165) is 35.5 Å². The molecule has 0 unspecified atom stereocenters. The Bertz CT molecular complexity index is 1040. The largest absolute Gasteiger partial charge is 0.346 e. The molecule has 1 aromatic carbocycles. The van der Waals surface area contributed by atoms with Crippen molar-refractivity contribution in [2.45, 2.75) is 32.7 Å². The lowest BCUT2D eigenvalue weighted by molar-refractivity contribution is -0.117. The number of hydrogen-bond donors (Lipinski definition) is 1. The third kappa shape index (κ3) is 4.26. The van der Waals surface area contributed by atoms with Crippen LogP contribution < -0.4 is 5.32 Å². The standard InChI is InChI=1S/C23H23FN4O/c1-23(2)13-20(27-22(29)11-8-17-5-3-4-12-25-17)19-15-26-28(21(19)14-23)18-9-6-16(24)7-10-18/h3-12,15,20H,13-14H2,1-2H3,(H,27,29)/b11-8+/t20-/m1/s1. The smallest absolute Gasteiger partial charge is 0.244 e. The number of carbonyl (C=O) groups is 1. The number of amides is 1. The molecule has 0 bridgehead atoms. The molecule has 1 N–H and O–H groups in total. The molecule has 1 amide bonds. The Morgan fingerprint density at radius 2 is 2.03 bits per heavy atom. The molecular formula is C23H23FN4O. The topological polar surface area (TPSA) is 59.8 Å². The summed E-state index contributed by atoms with van der Waals surface area (Å²) in [6, 6.07) is 11.7. The summed E-state index contributed by atoms with van der Waals surface area (Å²) in [5.41, 5.74) is 3.59. The van der Waals surface area contributed by atoms with Gasteiger partial charge in [0.2, 0.25) is 5.91 Å². The molecule has 6 heteroatoms. The van der Waals surface area contributed by atoms with Crippen molar-refractivity contribution in [3.63, 3.8) is 0 Å². The quantitative estimate of drug-likeness (QED) is 0.678. The van der Waals surface area contributed by atoms with Crippen molar-refractivity contribution in [3.05, 3.63) is 83.7 Å². The van der Waals surface area contributed by atoms with Crippen LogP contribution in [0.3, 0.4) is 0 Å². The lowest BCUT2D eigenvalue weighted by atomic mass is 9.74. The number of carbonyl (C=O) groups excluding carboxylic acids is 1. The molecule has 1 aliphatic carbocycles. The molecule has 29 heavy (non-hydrogen) atoms. The fourth-order valence-corrected chi connectivity index (χ4v) is 3.83. The van der Waals surface area contributed by atoms with Crippen molar-refractivity contribution >= 4 is 12.0 Å². The second kappa shape index (κ2) is 7.62. The van der Waals surface area contributed by atoms with Gasteiger partial charge in [-0.25, -0.2) is 9.07 Å². The minimum Gasteiger partial charge on any atom is -0.346 e. The van der Waals surface area contributed by atoms with Gasteiger partial charge in [0.1, 0.15) is 5.82 Å². The predicted molar refractivity (Wildman–Crippen MR) is 110 cm³/mol. The van der Waals surface area contributed by atoms with E-state index in [2.05, 4.69) is 29.2 Å². The Hall–Kier alpha value is -3.28. The molecule has 3 aromatic rings. The minimum absolute atomic E-state index is 0.00649. The van der Waals surface area contributed by atoms with E-state index < -0.39 is 0 Å². The highest BCUT2D eigenvalue weighted by Crippen LogP contribution is 2.41. The Morgan fingerprint density at radius 1 is 1.24 bits per heavy atom. The zero-order valence-electron chi connectivity index (χ0n) is 16.5. The third-order valence-electron chi connectivity index (χ3n) is 5.16. The fourth-order valence-electron chi connectivity index (χ4n) is 3.83. The summed E-state index contributed by atoms with van der Waals surface area (Å²) in [6.45, 7) is 4.36. The highest BCUT2D eigenvalue weighted by molar-refractivity contribution is 5.91. The molecule has 2 aromatic heterocycles. The van der Waals surface area contributed by atoms with Gasteiger partial charge in [-0.15, -0.1) is 0 Å². The van der Waals surface area contributed by atoms with E-state index in [1.54, 1.807) is 30.6 Å². The highest BCUT2D eigenvalue weighted by atomic mass is 19.1. The first-order valence-electron chi connectivity index (χ1n) is 9.64. The van der Waals surface area contributed by atoms with Crippen molar-refractivity contribution < 1.29 is 9.18 Å². The van der Waals surface area contributed by atoms with Crippen LogP contribution in [0, 0.1) is 11.2 Å². The van der Waals surface area contributed by atoms with Gasteiger partial charge in [-0.1, -0.05) is 19.9 Å². The van der Waals surface area contributed by atoms with E-state index in [-0.39, 0.29) is 23.2 Å². The van der Waals surface area contributed by atoms with Gasteiger partial charge >= 0.3 is 0 Å². The summed E-state index contributed by atoms with van der Waals surface area (Å²) in [5, 5.41) is 7.64. The summed E-state index contributed by atoms with van der Waals surface area (Å²) in [6.07, 6.45) is 8.35. The van der Waals surface area contributed by atoms with Gasteiger partial charge in [0.15, 0.2) is 0 Å². The van der Waals surface area contributed by atoms with Crippen molar-refractivity contribution in [2.75, 3.05) is 0 Å². The van der Waals surface area contributed by atoms with Crippen LogP contribution in [0.2, 0.25) is 0 Å². The average Bonchev–Trinajstić information content (AvgIpc) is 3.10. The molecule has 0 aliphatic heterocycles. The van der Waals surface area contributed by atoms with Gasteiger partial charge in [0.05, 0.1) is 29.3 Å². The molecule has 0 spiro atoms. The summed E-state index contributed by atoms with van der Waals surface area (Å²) in [7, 11) is 0. The van der Waals surface area contributed by atoms with Crippen LogP contribution in [0.25, 0.3) is 11.8 Å². The fraction of sp³-hybridized carbons (Fsp3) is 0.261. The van der Waals surface area contributed by atoms with Crippen molar-refractivity contribution in [3.8, 4) is 5.69 Å². The molecule has 0 saturated heterocycles. The average molecular weight is 390 g/mol. The molecular weight excluding hydrogens is 367 g/mol. The summed E-state index contributed by atoms with van der Waals surface area (Å²) < 4.78 is 15.1. The first kappa shape index (κ1) is 19.1. The first-order chi connectivity index (χ1) is 13.9. The van der Waals surface area contributed by atoms with Crippen LogP contribution in [0.1, 0.15) is 43.3 Å². The molecule has 4 rings (SSSR count). The second-order valence-electron chi connectivity index (χ2n) is 8.13. The number of nitrogens with zero attached hydrogens (tertiary/aromatic N) is 3. The molecule has 148 valence electrons. The Kier molecular flexibility index (Phi) is 5.01. The summed E-state index contributed by atoms with van der Waals surface area (Å²) in [4.78, 5) is 16.7. The Balaban J connectivity index is 1.59. The van der Waals surface area contributed by atoms with Gasteiger partial charge in [-0.3, -0.25) is 9.78 Å². The lowest BCUT2D eigenvalue weighted by Gasteiger charge is -2.35. The van der Waals surface area contributed by atoms with Crippen molar-refractivity contribution in [1.82, 2.24) is 20.1 Å². The number of nitrogens with one attached hydrogen (secondary N) is 1. The normalized spacial score (nSPS) is 17.8. The number of fused-ring (bicyclic) bond motifs is 1. The maximum atomic E-state index is 13.3. The molecule has 1 atom stereocenters. The van der Waals surface area contributed by atoms with E-state index in [4.69, 9.17) is 0 Å². The summed E-state index contributed by atoms with van der Waals surface area (Å²) >= 11 is 0. The molecule has 0 saturated carbocycles. The molecule has 0 fully saturated rings. The predicted octanol–water partition coefficient (Wildman–Crippen LogP) is 4.25. The Morgan fingerprint density at radius 3 is 2.76 bits per heavy atom. The maximum absolute atomic E-state index is 13.3. The minimum atomic E-state index is -0.278. The van der Waals surface area contributed by atoms with Crippen LogP contribution >= 0.6 is 0 Å². The second-order valence-corrected chi connectivity index (χ2v) is 8.13. The van der Waals surface area contributed by atoms with Crippen LogP contribution in [-0.2, 0) is 11.2 Å². The zero-order valence-corrected chi connectivity index (χ0v) is 16.5. The van der Waals surface area contributed by atoms with Crippen molar-refractivity contribution in [1.29, 1.82) is 0 Å². The summed E-state index contributed by atoms with van der Waals surface area (Å²) in [5.74, 6) is -0.446. The highest BCUT2D eigenvalue weighted by Gasteiger charge is 2.35. The van der Waals surface area contributed by atoms with Crippen LogP contribution in [0.15, 0.2) is 60.9 Å². The SMILES string of the molecule is CC1(C)Cc2c(cnn2-c2ccc(F)cc2)[C@H](NC(=O)/C=C/c2ccccn2)C1. The van der Waals surface area contributed by atoms with Crippen molar-refractivity contribution in [2.24, 2.45) is 5.41 Å². The van der Waals surface area contributed by atoms with E-state index in [1.807, 2.05) is 22.9 Å². The van der Waals surface area contributed by atoms with E-state index >= 15 is 0 Å². The van der Waals surface area contributed by atoms with E-state index in [0.29, 0.717) is 0 Å². The van der Waals surface area contributed by atoms with Gasteiger partial charge in [0.25, 0.3) is 0 Å². The number of pyridine rings is 1. The number of hydrogen-bond acceptors (Lipinski definition) is 3. The Labute approximate surface area is 169 Å². The number of aromatic nitrogens is 3. The van der Waals surface area contributed by atoms with Crippen LogP contribution in [0.4, 0.5) is 4.39 Å². The number of rotatable bonds is 4. The van der Waals surface area contributed by atoms with Gasteiger partial charge in [0, 0.05) is 17.8 Å². The van der Waals surface area contributed by atoms with E-state index in [1.165, 1.54) is 18.2 Å². The number of benzene rings is 1. The van der Waals surface area contributed by atoms with Gasteiger partial charge in [-0.05, 0) is 60.7 Å². The third-order valence-corrected chi connectivity index (χ3v) is 5.16. The monoisotopic (exact) mass is 390 g/mol. The molecule has 1 aliphatic rings. The van der Waals surface area contributed by atoms with Crippen LogP contribution in [0.5, 0.6) is 0 Å². The van der Waals surface area contributed by atoms with Crippen LogP contribution in [-0.4, -0.2) is 20.7 Å².